The summed E-state index contributed by atoms with van der Waals surface area (Å²) in [6.07, 6.45) is 2.13. The number of ether oxygens (including phenoxy) is 2. The molecule has 0 aromatic carbocycles. The van der Waals surface area contributed by atoms with Crippen LogP contribution in [0.3, 0.4) is 0 Å². The van der Waals surface area contributed by atoms with Gasteiger partial charge in [-0.3, -0.25) is 4.79 Å². The van der Waals surface area contributed by atoms with Gasteiger partial charge in [-0.25, -0.2) is 9.50 Å². The van der Waals surface area contributed by atoms with Crippen LogP contribution in [-0.2, 0) is 14.3 Å². The number of anilines is 1. The minimum Gasteiger partial charge on any atom is -0.458 e. The second-order valence-corrected chi connectivity index (χ2v) is 5.65. The summed E-state index contributed by atoms with van der Waals surface area (Å²) in [5.41, 5.74) is 0.899. The molecule has 2 atom stereocenters. The van der Waals surface area contributed by atoms with Crippen LogP contribution < -0.4 is 5.32 Å². The molecule has 1 saturated heterocycles. The molecule has 1 fully saturated rings. The number of rotatable bonds is 3. The van der Waals surface area contributed by atoms with E-state index in [2.05, 4.69) is 31.3 Å². The van der Waals surface area contributed by atoms with Gasteiger partial charge in [-0.2, -0.15) is 0 Å². The van der Waals surface area contributed by atoms with Gasteiger partial charge in [0.25, 0.3) is 0 Å². The van der Waals surface area contributed by atoms with Crippen molar-refractivity contribution in [3.8, 4) is 0 Å². The van der Waals surface area contributed by atoms with Crippen molar-refractivity contribution >= 4 is 33.4 Å². The molecule has 0 aliphatic carbocycles. The highest BCUT2D eigenvalue weighted by Gasteiger charge is 2.29. The molecule has 1 aliphatic rings. The lowest BCUT2D eigenvalue weighted by molar-refractivity contribution is -0.153. The van der Waals surface area contributed by atoms with Crippen LogP contribution in [0.5, 0.6) is 0 Å². The molecule has 1 aliphatic heterocycles. The SMILES string of the molecule is CC(=O)OC1COCCC1Nc1ncc2ccc(Br)n2n1. The Morgan fingerprint density at radius 1 is 1.57 bits per heavy atom. The molecule has 2 unspecified atom stereocenters. The van der Waals surface area contributed by atoms with Crippen LogP contribution >= 0.6 is 15.9 Å². The van der Waals surface area contributed by atoms with E-state index in [4.69, 9.17) is 9.47 Å². The van der Waals surface area contributed by atoms with Crippen molar-refractivity contribution in [1.82, 2.24) is 14.6 Å². The second-order valence-electron chi connectivity index (χ2n) is 4.84. The maximum Gasteiger partial charge on any atom is 0.303 e. The van der Waals surface area contributed by atoms with Crippen LogP contribution in [0.2, 0.25) is 0 Å². The fourth-order valence-electron chi connectivity index (χ4n) is 2.31. The average molecular weight is 355 g/mol. The van der Waals surface area contributed by atoms with Gasteiger partial charge in [0.05, 0.1) is 24.4 Å². The third-order valence-electron chi connectivity index (χ3n) is 3.29. The maximum absolute atomic E-state index is 11.1. The molecule has 8 heteroatoms. The van der Waals surface area contributed by atoms with E-state index in [0.717, 1.165) is 16.5 Å². The van der Waals surface area contributed by atoms with Crippen LogP contribution in [0.1, 0.15) is 13.3 Å². The van der Waals surface area contributed by atoms with Crippen molar-refractivity contribution < 1.29 is 14.3 Å². The third-order valence-corrected chi connectivity index (χ3v) is 3.89. The summed E-state index contributed by atoms with van der Waals surface area (Å²) in [4.78, 5) is 15.4. The topological polar surface area (TPSA) is 77.8 Å². The van der Waals surface area contributed by atoms with Crippen LogP contribution in [0.25, 0.3) is 5.52 Å². The summed E-state index contributed by atoms with van der Waals surface area (Å²) in [7, 11) is 0. The van der Waals surface area contributed by atoms with Gasteiger partial charge in [0.15, 0.2) is 0 Å². The number of fused-ring (bicyclic) bond motifs is 1. The highest BCUT2D eigenvalue weighted by molar-refractivity contribution is 9.10. The molecule has 3 heterocycles. The Morgan fingerprint density at radius 2 is 2.43 bits per heavy atom. The molecule has 112 valence electrons. The number of nitrogens with one attached hydrogen (secondary N) is 1. The minimum absolute atomic E-state index is 0.0607. The fraction of sp³-hybridized carbons (Fsp3) is 0.462. The molecule has 0 spiro atoms. The van der Waals surface area contributed by atoms with Gasteiger partial charge < -0.3 is 14.8 Å². The first-order valence-electron chi connectivity index (χ1n) is 6.65. The number of halogens is 1. The Kier molecular flexibility index (Phi) is 4.07. The molecule has 2 aromatic rings. The standard InChI is InChI=1S/C13H15BrN4O3/c1-8(19)21-11-7-20-5-4-10(11)16-13-15-6-9-2-3-12(14)18(9)17-13/h2-3,6,10-11H,4-5,7H2,1H3,(H,16,17). The predicted octanol–water partition coefficient (Wildman–Crippen LogP) is 1.62. The Labute approximate surface area is 129 Å². The molecule has 7 nitrogen and oxygen atoms in total. The molecule has 2 aromatic heterocycles. The lowest BCUT2D eigenvalue weighted by Gasteiger charge is -2.31. The van der Waals surface area contributed by atoms with Gasteiger partial charge >= 0.3 is 5.97 Å². The van der Waals surface area contributed by atoms with Crippen molar-refractivity contribution in [3.05, 3.63) is 22.9 Å². The summed E-state index contributed by atoms with van der Waals surface area (Å²) >= 11 is 3.43. The average Bonchev–Trinajstić information content (AvgIpc) is 2.82. The van der Waals surface area contributed by atoms with Crippen molar-refractivity contribution in [1.29, 1.82) is 0 Å². The number of hydrogen-bond acceptors (Lipinski definition) is 6. The zero-order valence-corrected chi connectivity index (χ0v) is 13.0. The smallest absolute Gasteiger partial charge is 0.303 e. The second kappa shape index (κ2) is 5.98. The van der Waals surface area contributed by atoms with Crippen LogP contribution in [0, 0.1) is 0 Å². The van der Waals surface area contributed by atoms with E-state index >= 15 is 0 Å². The quantitative estimate of drug-likeness (QED) is 0.844. The summed E-state index contributed by atoms with van der Waals surface area (Å²) in [5, 5.41) is 7.63. The van der Waals surface area contributed by atoms with Gasteiger partial charge in [0, 0.05) is 13.5 Å². The molecule has 21 heavy (non-hydrogen) atoms. The number of nitrogens with zero attached hydrogens (tertiary/aromatic N) is 3. The van der Waals surface area contributed by atoms with E-state index < -0.39 is 0 Å². The Hall–Kier alpha value is -1.67. The summed E-state index contributed by atoms with van der Waals surface area (Å²) < 4.78 is 13.2. The van der Waals surface area contributed by atoms with E-state index in [1.54, 1.807) is 10.7 Å². The fourth-order valence-corrected chi connectivity index (χ4v) is 2.72. The predicted molar refractivity (Wildman–Crippen MR) is 79.1 cm³/mol. The van der Waals surface area contributed by atoms with Crippen LogP contribution in [0.4, 0.5) is 5.95 Å². The molecular weight excluding hydrogens is 340 g/mol. The highest BCUT2D eigenvalue weighted by atomic mass is 79.9. The van der Waals surface area contributed by atoms with Gasteiger partial charge in [-0.05, 0) is 34.5 Å². The lowest BCUT2D eigenvalue weighted by Crippen LogP contribution is -2.44. The normalized spacial score (nSPS) is 22.2. The highest BCUT2D eigenvalue weighted by Crippen LogP contribution is 2.18. The van der Waals surface area contributed by atoms with Crippen LogP contribution in [0.15, 0.2) is 22.9 Å². The molecular formula is C13H15BrN4O3. The van der Waals surface area contributed by atoms with Gasteiger partial charge in [0.2, 0.25) is 5.95 Å². The zero-order valence-electron chi connectivity index (χ0n) is 11.5. The number of esters is 1. The first kappa shape index (κ1) is 14.3. The van der Waals surface area contributed by atoms with Gasteiger partial charge in [-0.15, -0.1) is 5.10 Å². The molecule has 0 saturated carbocycles. The minimum atomic E-state index is -0.330. The van der Waals surface area contributed by atoms with E-state index in [0.29, 0.717) is 19.2 Å². The van der Waals surface area contributed by atoms with E-state index in [-0.39, 0.29) is 18.1 Å². The van der Waals surface area contributed by atoms with Crippen molar-refractivity contribution in [3.63, 3.8) is 0 Å². The largest absolute Gasteiger partial charge is 0.458 e. The molecule has 0 amide bonds. The van der Waals surface area contributed by atoms with E-state index in [9.17, 15) is 4.79 Å². The monoisotopic (exact) mass is 354 g/mol. The van der Waals surface area contributed by atoms with Crippen molar-refractivity contribution in [2.24, 2.45) is 0 Å². The first-order chi connectivity index (χ1) is 10.1. The zero-order chi connectivity index (χ0) is 14.8. The van der Waals surface area contributed by atoms with Crippen LogP contribution in [-0.4, -0.2) is 45.9 Å². The third kappa shape index (κ3) is 3.16. The number of hydrogen-bond donors (Lipinski definition) is 1. The summed E-state index contributed by atoms with van der Waals surface area (Å²) in [5.74, 6) is 0.172. The Morgan fingerprint density at radius 3 is 3.24 bits per heavy atom. The Bertz CT molecular complexity index is 660. The van der Waals surface area contributed by atoms with E-state index in [1.165, 1.54) is 6.92 Å². The number of carbonyl (C=O) groups excluding carboxylic acids is 1. The molecule has 3 rings (SSSR count). The lowest BCUT2D eigenvalue weighted by atomic mass is 10.1. The van der Waals surface area contributed by atoms with Gasteiger partial charge in [0.1, 0.15) is 10.7 Å². The Balaban J connectivity index is 1.78. The summed E-state index contributed by atoms with van der Waals surface area (Å²) in [6, 6.07) is 3.77. The maximum atomic E-state index is 11.1. The van der Waals surface area contributed by atoms with Crippen molar-refractivity contribution in [2.75, 3.05) is 18.5 Å². The number of aromatic nitrogens is 3. The van der Waals surface area contributed by atoms with Gasteiger partial charge in [-0.1, -0.05) is 0 Å². The molecule has 0 bridgehead atoms. The van der Waals surface area contributed by atoms with E-state index in [1.807, 2.05) is 12.1 Å². The first-order valence-corrected chi connectivity index (χ1v) is 7.44. The number of carbonyl (C=O) groups is 1. The summed E-state index contributed by atoms with van der Waals surface area (Å²) in [6.45, 7) is 2.39. The van der Waals surface area contributed by atoms with Crippen molar-refractivity contribution in [2.45, 2.75) is 25.5 Å². The molecule has 0 radical (unpaired) electrons. The molecule has 1 N–H and O–H groups in total.